The van der Waals surface area contributed by atoms with Crippen molar-refractivity contribution < 1.29 is 9.90 Å². The summed E-state index contributed by atoms with van der Waals surface area (Å²) < 4.78 is 0. The summed E-state index contributed by atoms with van der Waals surface area (Å²) in [6.45, 7) is 7.55. The Balaban J connectivity index is 1.52. The van der Waals surface area contributed by atoms with Gasteiger partial charge in [0.15, 0.2) is 5.96 Å². The van der Waals surface area contributed by atoms with E-state index in [2.05, 4.69) is 65.4 Å². The number of aliphatic imine (C=N–C) groups is 1. The quantitative estimate of drug-likeness (QED) is 0.407. The molecule has 3 aromatic carbocycles. The summed E-state index contributed by atoms with van der Waals surface area (Å²) in [5.41, 5.74) is 4.74. The lowest BCUT2D eigenvalue weighted by Crippen LogP contribution is -2.55. The van der Waals surface area contributed by atoms with Crippen molar-refractivity contribution in [3.05, 3.63) is 95.6 Å². The van der Waals surface area contributed by atoms with Crippen LogP contribution in [0.2, 0.25) is 0 Å². The normalized spacial score (nSPS) is 16.4. The predicted molar refractivity (Wildman–Crippen MR) is 139 cm³/mol. The summed E-state index contributed by atoms with van der Waals surface area (Å²) >= 11 is 0. The van der Waals surface area contributed by atoms with Crippen molar-refractivity contribution in [3.8, 4) is 0 Å². The molecule has 0 aromatic heterocycles. The molecule has 0 unspecified atom stereocenters. The van der Waals surface area contributed by atoms with E-state index in [-0.39, 0.29) is 5.56 Å². The Morgan fingerprint density at radius 1 is 1.03 bits per heavy atom. The number of piperazine rings is 1. The first-order valence-electron chi connectivity index (χ1n) is 11.8. The molecule has 1 atom stereocenters. The van der Waals surface area contributed by atoms with E-state index in [4.69, 9.17) is 4.99 Å². The summed E-state index contributed by atoms with van der Waals surface area (Å²) in [6.07, 6.45) is 0.847. The standard InChI is InChI=1S/C28H32N4O2/c1-21-8-6-13-26(18-21)32-17-16-31(20-22(32)2)28(29-15-14-23-9-4-3-5-10-23)30-25-12-7-11-24(19-25)27(33)34/h3-13,18-19,22H,14-17,20H2,1-2H3,(H,29,30)(H,33,34)/t22-/m0/s1. The van der Waals surface area contributed by atoms with E-state index in [0.29, 0.717) is 12.6 Å². The third-order valence-electron chi connectivity index (χ3n) is 6.13. The maximum Gasteiger partial charge on any atom is 0.335 e. The molecule has 0 amide bonds. The third kappa shape index (κ3) is 5.95. The van der Waals surface area contributed by atoms with Crippen molar-refractivity contribution in [2.24, 2.45) is 4.99 Å². The number of hydrogen-bond donors (Lipinski definition) is 2. The molecule has 3 aromatic rings. The molecule has 6 nitrogen and oxygen atoms in total. The first kappa shape index (κ1) is 23.4. The highest BCUT2D eigenvalue weighted by Gasteiger charge is 2.26. The lowest BCUT2D eigenvalue weighted by atomic mass is 10.1. The minimum absolute atomic E-state index is 0.256. The number of rotatable bonds is 6. The van der Waals surface area contributed by atoms with Gasteiger partial charge in [-0.2, -0.15) is 0 Å². The molecule has 1 fully saturated rings. The molecule has 1 aliphatic rings. The van der Waals surface area contributed by atoms with Crippen LogP contribution in [0.3, 0.4) is 0 Å². The van der Waals surface area contributed by atoms with E-state index in [1.54, 1.807) is 18.2 Å². The van der Waals surface area contributed by atoms with Crippen molar-refractivity contribution in [2.75, 3.05) is 36.4 Å². The smallest absolute Gasteiger partial charge is 0.335 e. The first-order valence-corrected chi connectivity index (χ1v) is 11.8. The highest BCUT2D eigenvalue weighted by atomic mass is 16.4. The maximum absolute atomic E-state index is 11.4. The molecular formula is C28H32N4O2. The zero-order chi connectivity index (χ0) is 23.9. The van der Waals surface area contributed by atoms with Gasteiger partial charge < -0.3 is 20.2 Å². The fourth-order valence-electron chi connectivity index (χ4n) is 4.35. The van der Waals surface area contributed by atoms with Gasteiger partial charge in [-0.15, -0.1) is 0 Å². The molecule has 34 heavy (non-hydrogen) atoms. The number of anilines is 2. The van der Waals surface area contributed by atoms with Crippen molar-refractivity contribution in [1.82, 2.24) is 4.90 Å². The average molecular weight is 457 g/mol. The zero-order valence-corrected chi connectivity index (χ0v) is 19.8. The average Bonchev–Trinajstić information content (AvgIpc) is 2.84. The van der Waals surface area contributed by atoms with Crippen LogP contribution >= 0.6 is 0 Å². The second kappa shape index (κ2) is 10.9. The number of carboxylic acids is 1. The van der Waals surface area contributed by atoms with Crippen LogP contribution in [0.4, 0.5) is 11.4 Å². The van der Waals surface area contributed by atoms with Crippen LogP contribution in [-0.2, 0) is 6.42 Å². The summed E-state index contributed by atoms with van der Waals surface area (Å²) in [5, 5.41) is 12.8. The predicted octanol–water partition coefficient (Wildman–Crippen LogP) is 4.91. The maximum atomic E-state index is 11.4. The van der Waals surface area contributed by atoms with Crippen LogP contribution < -0.4 is 10.2 Å². The van der Waals surface area contributed by atoms with E-state index in [0.717, 1.165) is 37.7 Å². The topological polar surface area (TPSA) is 68.2 Å². The number of guanidine groups is 1. The SMILES string of the molecule is Cc1cccc(N2CCN(C(=NCCc3ccccc3)Nc3cccc(C(=O)O)c3)C[C@@H]2C)c1. The third-order valence-corrected chi connectivity index (χ3v) is 6.13. The van der Waals surface area contributed by atoms with Gasteiger partial charge in [0.25, 0.3) is 0 Å². The van der Waals surface area contributed by atoms with Crippen LogP contribution in [0.15, 0.2) is 83.9 Å². The monoisotopic (exact) mass is 456 g/mol. The van der Waals surface area contributed by atoms with E-state index >= 15 is 0 Å². The Labute approximate surface area is 201 Å². The minimum atomic E-state index is -0.938. The van der Waals surface area contributed by atoms with Crippen LogP contribution in [0.5, 0.6) is 0 Å². The van der Waals surface area contributed by atoms with Gasteiger partial charge in [0.1, 0.15) is 0 Å². The van der Waals surface area contributed by atoms with E-state index in [9.17, 15) is 9.90 Å². The number of nitrogens with one attached hydrogen (secondary N) is 1. The Morgan fingerprint density at radius 2 is 1.82 bits per heavy atom. The minimum Gasteiger partial charge on any atom is -0.478 e. The fourth-order valence-corrected chi connectivity index (χ4v) is 4.35. The summed E-state index contributed by atoms with van der Waals surface area (Å²) in [5.74, 6) is -0.152. The first-order chi connectivity index (χ1) is 16.5. The largest absolute Gasteiger partial charge is 0.478 e. The number of aromatic carboxylic acids is 1. The molecular weight excluding hydrogens is 424 g/mol. The Bertz CT molecular complexity index is 1150. The lowest BCUT2D eigenvalue weighted by Gasteiger charge is -2.42. The Hall–Kier alpha value is -3.80. The van der Waals surface area contributed by atoms with Gasteiger partial charge in [0, 0.05) is 43.6 Å². The molecule has 176 valence electrons. The summed E-state index contributed by atoms with van der Waals surface area (Å²) in [7, 11) is 0. The molecule has 4 rings (SSSR count). The summed E-state index contributed by atoms with van der Waals surface area (Å²) in [6, 6.07) is 26.2. The highest BCUT2D eigenvalue weighted by molar-refractivity contribution is 5.96. The molecule has 0 aliphatic carbocycles. The fraction of sp³-hybridized carbons (Fsp3) is 0.286. The number of hydrogen-bond acceptors (Lipinski definition) is 3. The van der Waals surface area contributed by atoms with Crippen LogP contribution in [0.1, 0.15) is 28.4 Å². The van der Waals surface area contributed by atoms with Gasteiger partial charge in [0.2, 0.25) is 0 Å². The van der Waals surface area contributed by atoms with Crippen molar-refractivity contribution in [2.45, 2.75) is 26.3 Å². The molecule has 0 saturated carbocycles. The van der Waals surface area contributed by atoms with Gasteiger partial charge in [-0.25, -0.2) is 4.79 Å². The number of aryl methyl sites for hydroxylation is 1. The molecule has 1 heterocycles. The Morgan fingerprint density at radius 3 is 2.56 bits per heavy atom. The van der Waals surface area contributed by atoms with Gasteiger partial charge in [0.05, 0.1) is 5.56 Å². The van der Waals surface area contributed by atoms with Gasteiger partial charge >= 0.3 is 5.97 Å². The number of carboxylic acid groups (broad SMARTS) is 1. The van der Waals surface area contributed by atoms with Gasteiger partial charge in [-0.1, -0.05) is 48.5 Å². The second-order valence-electron chi connectivity index (χ2n) is 8.78. The zero-order valence-electron chi connectivity index (χ0n) is 19.8. The van der Waals surface area contributed by atoms with Crippen molar-refractivity contribution >= 4 is 23.3 Å². The van der Waals surface area contributed by atoms with Crippen LogP contribution in [0, 0.1) is 6.92 Å². The molecule has 0 radical (unpaired) electrons. The van der Waals surface area contributed by atoms with Gasteiger partial charge in [-0.05, 0) is 61.7 Å². The second-order valence-corrected chi connectivity index (χ2v) is 8.78. The van der Waals surface area contributed by atoms with Crippen molar-refractivity contribution in [1.29, 1.82) is 0 Å². The van der Waals surface area contributed by atoms with E-state index in [1.807, 2.05) is 24.3 Å². The van der Waals surface area contributed by atoms with Gasteiger partial charge in [-0.3, -0.25) is 4.99 Å². The van der Waals surface area contributed by atoms with E-state index < -0.39 is 5.97 Å². The number of benzene rings is 3. The van der Waals surface area contributed by atoms with Crippen molar-refractivity contribution in [3.63, 3.8) is 0 Å². The van der Waals surface area contributed by atoms with Crippen LogP contribution in [-0.4, -0.2) is 54.2 Å². The molecule has 0 spiro atoms. The Kier molecular flexibility index (Phi) is 7.48. The number of carbonyl (C=O) groups is 1. The molecule has 0 bridgehead atoms. The summed E-state index contributed by atoms with van der Waals surface area (Å²) in [4.78, 5) is 21.1. The molecule has 6 heteroatoms. The van der Waals surface area contributed by atoms with Crippen LogP contribution in [0.25, 0.3) is 0 Å². The number of nitrogens with zero attached hydrogens (tertiary/aromatic N) is 3. The molecule has 1 aliphatic heterocycles. The molecule has 1 saturated heterocycles. The molecule has 2 N–H and O–H groups in total. The lowest BCUT2D eigenvalue weighted by molar-refractivity contribution is 0.0697. The highest BCUT2D eigenvalue weighted by Crippen LogP contribution is 2.22. The van der Waals surface area contributed by atoms with E-state index in [1.165, 1.54) is 16.8 Å².